The van der Waals surface area contributed by atoms with Crippen LogP contribution in [0.15, 0.2) is 24.3 Å². The van der Waals surface area contributed by atoms with Crippen LogP contribution >= 0.6 is 0 Å². The minimum Gasteiger partial charge on any atom is -0.497 e. The normalized spacial score (nSPS) is 16.0. The van der Waals surface area contributed by atoms with E-state index >= 15 is 0 Å². The molecule has 0 bridgehead atoms. The monoisotopic (exact) mass is 359 g/mol. The van der Waals surface area contributed by atoms with Crippen molar-refractivity contribution in [3.63, 3.8) is 0 Å². The highest BCUT2D eigenvalue weighted by Gasteiger charge is 2.24. The molecule has 2 heterocycles. The van der Waals surface area contributed by atoms with Crippen LogP contribution in [0.1, 0.15) is 17.0 Å². The summed E-state index contributed by atoms with van der Waals surface area (Å²) in [5.74, 6) is 0.873. The van der Waals surface area contributed by atoms with E-state index in [4.69, 9.17) is 4.74 Å². The maximum atomic E-state index is 11.1. The number of aromatic nitrogens is 2. The summed E-state index contributed by atoms with van der Waals surface area (Å²) in [6.45, 7) is 8.73. The fourth-order valence-corrected chi connectivity index (χ4v) is 3.36. The van der Waals surface area contributed by atoms with E-state index in [1.165, 1.54) is 5.56 Å². The Hall–Kier alpha value is -2.45. The highest BCUT2D eigenvalue weighted by atomic mass is 16.6. The third-order valence-electron chi connectivity index (χ3n) is 4.89. The maximum absolute atomic E-state index is 11.1. The molecular formula is C18H25N5O3. The molecule has 1 aromatic carbocycles. The van der Waals surface area contributed by atoms with E-state index in [-0.39, 0.29) is 10.6 Å². The van der Waals surface area contributed by atoms with Crippen LogP contribution in [0.4, 0.5) is 5.69 Å². The summed E-state index contributed by atoms with van der Waals surface area (Å²) in [5, 5.41) is 15.5. The molecule has 3 rings (SSSR count). The zero-order valence-corrected chi connectivity index (χ0v) is 15.5. The van der Waals surface area contributed by atoms with Crippen molar-refractivity contribution in [2.24, 2.45) is 0 Å². The zero-order chi connectivity index (χ0) is 18.7. The van der Waals surface area contributed by atoms with Crippen molar-refractivity contribution in [3.8, 4) is 5.75 Å². The molecule has 140 valence electrons. The van der Waals surface area contributed by atoms with E-state index in [0.717, 1.165) is 38.5 Å². The first-order valence-corrected chi connectivity index (χ1v) is 8.74. The molecule has 8 nitrogen and oxygen atoms in total. The van der Waals surface area contributed by atoms with E-state index in [2.05, 4.69) is 27.0 Å². The summed E-state index contributed by atoms with van der Waals surface area (Å²) in [4.78, 5) is 15.5. The molecule has 0 aliphatic carbocycles. The van der Waals surface area contributed by atoms with Gasteiger partial charge in [-0.25, -0.2) is 4.68 Å². The van der Waals surface area contributed by atoms with E-state index < -0.39 is 0 Å². The Labute approximate surface area is 153 Å². The first-order chi connectivity index (χ1) is 12.5. The van der Waals surface area contributed by atoms with Crippen LogP contribution in [0.25, 0.3) is 0 Å². The Morgan fingerprint density at radius 3 is 2.27 bits per heavy atom. The number of nitro groups is 1. The lowest BCUT2D eigenvalue weighted by Gasteiger charge is -2.34. The molecule has 1 saturated heterocycles. The SMILES string of the molecule is COc1ccc(CN2CCN(Cn3nc(C)c([N+](=O)[O-])c3C)CC2)cc1. The van der Waals surface area contributed by atoms with Gasteiger partial charge in [0, 0.05) is 32.7 Å². The molecule has 0 unspecified atom stereocenters. The summed E-state index contributed by atoms with van der Waals surface area (Å²) in [7, 11) is 1.67. The molecular weight excluding hydrogens is 334 g/mol. The van der Waals surface area contributed by atoms with Crippen LogP contribution in [0, 0.1) is 24.0 Å². The molecule has 1 fully saturated rings. The predicted molar refractivity (Wildman–Crippen MR) is 98.2 cm³/mol. The minimum absolute atomic E-state index is 0.128. The smallest absolute Gasteiger partial charge is 0.312 e. The number of hydrogen-bond donors (Lipinski definition) is 0. The number of ether oxygens (including phenoxy) is 1. The minimum atomic E-state index is -0.346. The summed E-state index contributed by atoms with van der Waals surface area (Å²) in [6, 6.07) is 8.17. The van der Waals surface area contributed by atoms with Crippen LogP contribution in [-0.2, 0) is 13.2 Å². The number of nitrogens with zero attached hydrogens (tertiary/aromatic N) is 5. The van der Waals surface area contributed by atoms with Crippen molar-refractivity contribution in [2.45, 2.75) is 27.1 Å². The summed E-state index contributed by atoms with van der Waals surface area (Å²) in [6.07, 6.45) is 0. The lowest BCUT2D eigenvalue weighted by molar-refractivity contribution is -0.386. The Kier molecular flexibility index (Phi) is 5.53. The van der Waals surface area contributed by atoms with E-state index in [9.17, 15) is 10.1 Å². The molecule has 1 aliphatic rings. The number of methoxy groups -OCH3 is 1. The fourth-order valence-electron chi connectivity index (χ4n) is 3.36. The second-order valence-electron chi connectivity index (χ2n) is 6.66. The molecule has 2 aromatic rings. The molecule has 0 radical (unpaired) electrons. The second kappa shape index (κ2) is 7.84. The van der Waals surface area contributed by atoms with Gasteiger partial charge in [-0.05, 0) is 31.5 Å². The molecule has 0 amide bonds. The third kappa shape index (κ3) is 4.03. The van der Waals surface area contributed by atoms with Crippen LogP contribution < -0.4 is 4.74 Å². The number of hydrogen-bond acceptors (Lipinski definition) is 6. The van der Waals surface area contributed by atoms with Crippen LogP contribution in [0.5, 0.6) is 5.75 Å². The van der Waals surface area contributed by atoms with Crippen LogP contribution in [0.2, 0.25) is 0 Å². The van der Waals surface area contributed by atoms with Crippen molar-refractivity contribution >= 4 is 5.69 Å². The average molecular weight is 359 g/mol. The van der Waals surface area contributed by atoms with Gasteiger partial charge in [0.15, 0.2) is 0 Å². The molecule has 0 N–H and O–H groups in total. The maximum Gasteiger partial charge on any atom is 0.312 e. The van der Waals surface area contributed by atoms with Gasteiger partial charge in [0.1, 0.15) is 17.1 Å². The predicted octanol–water partition coefficient (Wildman–Crippen LogP) is 2.19. The van der Waals surface area contributed by atoms with E-state index in [0.29, 0.717) is 18.1 Å². The molecule has 1 aromatic heterocycles. The van der Waals surface area contributed by atoms with Crippen molar-refractivity contribution < 1.29 is 9.66 Å². The quantitative estimate of drug-likeness (QED) is 0.581. The van der Waals surface area contributed by atoms with Gasteiger partial charge >= 0.3 is 5.69 Å². The average Bonchev–Trinajstić information content (AvgIpc) is 2.91. The molecule has 8 heteroatoms. The number of rotatable bonds is 6. The van der Waals surface area contributed by atoms with Crippen LogP contribution in [0.3, 0.4) is 0 Å². The van der Waals surface area contributed by atoms with Crippen molar-refractivity contribution in [2.75, 3.05) is 33.3 Å². The van der Waals surface area contributed by atoms with Gasteiger partial charge in [0.2, 0.25) is 0 Å². The molecule has 0 atom stereocenters. The Balaban J connectivity index is 1.54. The Bertz CT molecular complexity index is 764. The van der Waals surface area contributed by atoms with Crippen molar-refractivity contribution in [1.29, 1.82) is 0 Å². The van der Waals surface area contributed by atoms with Crippen molar-refractivity contribution in [1.82, 2.24) is 19.6 Å². The van der Waals surface area contributed by atoms with Crippen molar-refractivity contribution in [3.05, 3.63) is 51.3 Å². The largest absolute Gasteiger partial charge is 0.497 e. The summed E-state index contributed by atoms with van der Waals surface area (Å²) < 4.78 is 6.94. The lowest BCUT2D eigenvalue weighted by atomic mass is 10.2. The van der Waals surface area contributed by atoms with Gasteiger partial charge in [0.25, 0.3) is 0 Å². The van der Waals surface area contributed by atoms with Gasteiger partial charge in [-0.2, -0.15) is 5.10 Å². The summed E-state index contributed by atoms with van der Waals surface area (Å²) >= 11 is 0. The Morgan fingerprint density at radius 2 is 1.73 bits per heavy atom. The zero-order valence-electron chi connectivity index (χ0n) is 15.5. The first-order valence-electron chi connectivity index (χ1n) is 8.74. The fraction of sp³-hybridized carbons (Fsp3) is 0.500. The third-order valence-corrected chi connectivity index (χ3v) is 4.89. The molecule has 0 spiro atoms. The molecule has 0 saturated carbocycles. The Morgan fingerprint density at radius 1 is 1.12 bits per heavy atom. The van der Waals surface area contributed by atoms with E-state index in [1.807, 2.05) is 12.1 Å². The molecule has 26 heavy (non-hydrogen) atoms. The second-order valence-corrected chi connectivity index (χ2v) is 6.66. The number of piperazine rings is 1. The van der Waals surface area contributed by atoms with Gasteiger partial charge in [-0.3, -0.25) is 19.9 Å². The van der Waals surface area contributed by atoms with Gasteiger partial charge < -0.3 is 4.74 Å². The van der Waals surface area contributed by atoms with Gasteiger partial charge in [-0.15, -0.1) is 0 Å². The topological polar surface area (TPSA) is 76.7 Å². The lowest BCUT2D eigenvalue weighted by Crippen LogP contribution is -2.46. The highest BCUT2D eigenvalue weighted by molar-refractivity contribution is 5.39. The molecule has 1 aliphatic heterocycles. The standard InChI is InChI=1S/C18H25N5O3/c1-14-18(23(24)25)15(2)22(19-14)13-21-10-8-20(9-11-21)12-16-4-6-17(26-3)7-5-16/h4-7H,8-13H2,1-3H3. The number of aryl methyl sites for hydroxylation is 1. The number of benzene rings is 1. The highest BCUT2D eigenvalue weighted by Crippen LogP contribution is 2.22. The van der Waals surface area contributed by atoms with Gasteiger partial charge in [0.05, 0.1) is 18.7 Å². The van der Waals surface area contributed by atoms with E-state index in [1.54, 1.807) is 25.6 Å². The van der Waals surface area contributed by atoms with Crippen LogP contribution in [-0.4, -0.2) is 57.8 Å². The first kappa shape index (κ1) is 18.3. The van der Waals surface area contributed by atoms with Gasteiger partial charge in [-0.1, -0.05) is 12.1 Å². The summed E-state index contributed by atoms with van der Waals surface area (Å²) in [5.41, 5.74) is 2.50.